The highest BCUT2D eigenvalue weighted by Crippen LogP contribution is 2.13. The van der Waals surface area contributed by atoms with E-state index in [4.69, 9.17) is 0 Å². The third-order valence-electron chi connectivity index (χ3n) is 2.34. The van der Waals surface area contributed by atoms with Gasteiger partial charge in [0.2, 0.25) is 0 Å². The molecule has 0 aromatic heterocycles. The lowest BCUT2D eigenvalue weighted by molar-refractivity contribution is 0.620. The number of benzene rings is 2. The summed E-state index contributed by atoms with van der Waals surface area (Å²) in [4.78, 5) is 0. The zero-order chi connectivity index (χ0) is 11.2. The molecule has 0 aliphatic rings. The minimum atomic E-state index is -0.114. The van der Waals surface area contributed by atoms with Crippen LogP contribution in [0.3, 0.4) is 0 Å². The van der Waals surface area contributed by atoms with Crippen LogP contribution in [0.15, 0.2) is 66.5 Å². The Hall–Kier alpha value is -1.89. The van der Waals surface area contributed by atoms with Gasteiger partial charge in [0.15, 0.2) is 0 Å². The van der Waals surface area contributed by atoms with E-state index in [1.807, 2.05) is 60.7 Å². The lowest BCUT2D eigenvalue weighted by Gasteiger charge is -1.98. The molecule has 0 heterocycles. The number of allylic oxidation sites excluding steroid dienone is 1. The zero-order valence-corrected chi connectivity index (χ0v) is 8.94. The maximum Gasteiger partial charge on any atom is 0.105 e. The molecule has 2 rings (SSSR count). The normalized spacial score (nSPS) is 11.4. The van der Waals surface area contributed by atoms with Gasteiger partial charge in [-0.15, -0.1) is 0 Å². The molecule has 0 radical (unpaired) electrons. The summed E-state index contributed by atoms with van der Waals surface area (Å²) >= 11 is 0. The van der Waals surface area contributed by atoms with Crippen molar-refractivity contribution in [1.29, 1.82) is 0 Å². The quantitative estimate of drug-likeness (QED) is 0.713. The van der Waals surface area contributed by atoms with Crippen molar-refractivity contribution in [2.75, 3.05) is 0 Å². The number of rotatable bonds is 3. The molecule has 0 fully saturated rings. The van der Waals surface area contributed by atoms with Crippen LogP contribution >= 0.6 is 0 Å². The molecule has 1 heteroatoms. The summed E-state index contributed by atoms with van der Waals surface area (Å²) < 4.78 is 13.6. The van der Waals surface area contributed by atoms with Gasteiger partial charge in [-0.3, -0.25) is 0 Å². The molecule has 0 aliphatic heterocycles. The molecule has 0 N–H and O–H groups in total. The summed E-state index contributed by atoms with van der Waals surface area (Å²) in [5, 5.41) is 0. The Balaban J connectivity index is 2.09. The minimum Gasteiger partial charge on any atom is -0.211 e. The molecule has 0 saturated heterocycles. The molecule has 0 saturated carbocycles. The smallest absolute Gasteiger partial charge is 0.105 e. The zero-order valence-electron chi connectivity index (χ0n) is 8.94. The van der Waals surface area contributed by atoms with Gasteiger partial charge < -0.3 is 0 Å². The third kappa shape index (κ3) is 3.06. The highest BCUT2D eigenvalue weighted by atomic mass is 19.1. The molecule has 0 nitrogen and oxygen atoms in total. The summed E-state index contributed by atoms with van der Waals surface area (Å²) in [6.45, 7) is 0. The van der Waals surface area contributed by atoms with Gasteiger partial charge in [0.1, 0.15) is 5.83 Å². The second-order valence-corrected chi connectivity index (χ2v) is 3.66. The topological polar surface area (TPSA) is 0 Å². The Morgan fingerprint density at radius 2 is 1.44 bits per heavy atom. The maximum absolute atomic E-state index is 13.6. The first-order chi connectivity index (χ1) is 7.84. The standard InChI is InChI=1S/C15H13F/c16-15(11-13-7-3-1-4-8-13)12-14-9-5-2-6-10-14/h1-11H,12H2/b15-11-. The molecule has 0 spiro atoms. The van der Waals surface area contributed by atoms with Crippen molar-refractivity contribution in [3.63, 3.8) is 0 Å². The Labute approximate surface area is 95.1 Å². The van der Waals surface area contributed by atoms with Gasteiger partial charge in [-0.1, -0.05) is 60.7 Å². The van der Waals surface area contributed by atoms with Crippen LogP contribution in [0.1, 0.15) is 11.1 Å². The maximum atomic E-state index is 13.6. The van der Waals surface area contributed by atoms with E-state index < -0.39 is 0 Å². The summed E-state index contributed by atoms with van der Waals surface area (Å²) in [5.74, 6) is -0.114. The average molecular weight is 212 g/mol. The van der Waals surface area contributed by atoms with E-state index in [1.165, 1.54) is 0 Å². The van der Waals surface area contributed by atoms with Crippen LogP contribution in [0.5, 0.6) is 0 Å². The Morgan fingerprint density at radius 1 is 0.875 bits per heavy atom. The fourth-order valence-electron chi connectivity index (χ4n) is 1.57. The predicted octanol–water partition coefficient (Wildman–Crippen LogP) is 4.24. The first kappa shape index (κ1) is 10.6. The molecular weight excluding hydrogens is 199 g/mol. The van der Waals surface area contributed by atoms with Crippen LogP contribution in [0.4, 0.5) is 4.39 Å². The lowest BCUT2D eigenvalue weighted by atomic mass is 10.1. The Bertz CT molecular complexity index is 457. The van der Waals surface area contributed by atoms with Gasteiger partial charge in [0.25, 0.3) is 0 Å². The van der Waals surface area contributed by atoms with Crippen molar-refractivity contribution >= 4 is 6.08 Å². The Morgan fingerprint density at radius 3 is 2.06 bits per heavy atom. The largest absolute Gasteiger partial charge is 0.211 e. The second-order valence-electron chi connectivity index (χ2n) is 3.66. The van der Waals surface area contributed by atoms with Crippen molar-refractivity contribution in [1.82, 2.24) is 0 Å². The Kier molecular flexibility index (Phi) is 3.50. The third-order valence-corrected chi connectivity index (χ3v) is 2.34. The lowest BCUT2D eigenvalue weighted by Crippen LogP contribution is -1.84. The van der Waals surface area contributed by atoms with Crippen molar-refractivity contribution < 1.29 is 4.39 Å². The first-order valence-corrected chi connectivity index (χ1v) is 5.29. The van der Waals surface area contributed by atoms with E-state index in [9.17, 15) is 4.39 Å². The van der Waals surface area contributed by atoms with Gasteiger partial charge in [0, 0.05) is 6.42 Å². The summed E-state index contributed by atoms with van der Waals surface area (Å²) in [7, 11) is 0. The van der Waals surface area contributed by atoms with Crippen molar-refractivity contribution in [3.8, 4) is 0 Å². The summed E-state index contributed by atoms with van der Waals surface area (Å²) in [6, 6.07) is 19.2. The number of hydrogen-bond acceptors (Lipinski definition) is 0. The highest BCUT2D eigenvalue weighted by Gasteiger charge is 1.97. The van der Waals surface area contributed by atoms with E-state index in [0.717, 1.165) is 11.1 Å². The molecule has 16 heavy (non-hydrogen) atoms. The molecule has 0 unspecified atom stereocenters. The summed E-state index contributed by atoms with van der Waals surface area (Å²) in [5.41, 5.74) is 1.89. The van der Waals surface area contributed by atoms with E-state index >= 15 is 0 Å². The SMILES string of the molecule is F/C(=C\c1ccccc1)Cc1ccccc1. The van der Waals surface area contributed by atoms with Gasteiger partial charge in [0.05, 0.1) is 0 Å². The van der Waals surface area contributed by atoms with E-state index in [2.05, 4.69) is 0 Å². The fraction of sp³-hybridized carbons (Fsp3) is 0.0667. The molecule has 0 bridgehead atoms. The second kappa shape index (κ2) is 5.26. The molecule has 0 atom stereocenters. The number of halogens is 1. The molecular formula is C15H13F. The van der Waals surface area contributed by atoms with Gasteiger partial charge in [-0.25, -0.2) is 4.39 Å². The van der Waals surface area contributed by atoms with Crippen LogP contribution in [0, 0.1) is 0 Å². The minimum absolute atomic E-state index is 0.114. The van der Waals surface area contributed by atoms with Crippen LogP contribution in [-0.2, 0) is 6.42 Å². The van der Waals surface area contributed by atoms with Crippen LogP contribution in [0.2, 0.25) is 0 Å². The molecule has 2 aromatic rings. The first-order valence-electron chi connectivity index (χ1n) is 5.29. The highest BCUT2D eigenvalue weighted by molar-refractivity contribution is 5.51. The van der Waals surface area contributed by atoms with E-state index in [0.29, 0.717) is 6.42 Å². The average Bonchev–Trinajstić information content (AvgIpc) is 2.31. The van der Waals surface area contributed by atoms with E-state index in [-0.39, 0.29) is 5.83 Å². The van der Waals surface area contributed by atoms with Gasteiger partial charge >= 0.3 is 0 Å². The molecule has 0 aliphatic carbocycles. The van der Waals surface area contributed by atoms with Crippen molar-refractivity contribution in [2.45, 2.75) is 6.42 Å². The molecule has 80 valence electrons. The van der Waals surface area contributed by atoms with Gasteiger partial charge in [-0.2, -0.15) is 0 Å². The predicted molar refractivity (Wildman–Crippen MR) is 65.7 cm³/mol. The monoisotopic (exact) mass is 212 g/mol. The number of hydrogen-bond donors (Lipinski definition) is 0. The van der Waals surface area contributed by atoms with Crippen LogP contribution in [0.25, 0.3) is 6.08 Å². The van der Waals surface area contributed by atoms with Gasteiger partial charge in [-0.05, 0) is 17.2 Å². The fourth-order valence-corrected chi connectivity index (χ4v) is 1.57. The molecule has 2 aromatic carbocycles. The van der Waals surface area contributed by atoms with Crippen LogP contribution in [-0.4, -0.2) is 0 Å². The summed E-state index contributed by atoms with van der Waals surface area (Å²) in [6.07, 6.45) is 1.93. The van der Waals surface area contributed by atoms with Crippen LogP contribution < -0.4 is 0 Å². The molecule has 0 amide bonds. The van der Waals surface area contributed by atoms with Crippen molar-refractivity contribution in [2.24, 2.45) is 0 Å². The van der Waals surface area contributed by atoms with Crippen molar-refractivity contribution in [3.05, 3.63) is 77.6 Å². The van der Waals surface area contributed by atoms with E-state index in [1.54, 1.807) is 6.08 Å².